The van der Waals surface area contributed by atoms with Crippen LogP contribution in [0.15, 0.2) is 55.0 Å². The molecule has 0 unspecified atom stereocenters. The zero-order valence-electron chi connectivity index (χ0n) is 26.4. The summed E-state index contributed by atoms with van der Waals surface area (Å²) in [6.45, 7) is 9.02. The number of piperazine rings is 1. The van der Waals surface area contributed by atoms with Crippen LogP contribution in [0.25, 0.3) is 11.0 Å². The molecule has 2 fully saturated rings. The van der Waals surface area contributed by atoms with Crippen molar-refractivity contribution in [3.63, 3.8) is 0 Å². The Hall–Kier alpha value is -4.07. The molecule has 45 heavy (non-hydrogen) atoms. The molecular formula is C32H42N10O2S. The number of benzene rings is 2. The number of aryl methyl sites for hydroxylation is 1. The van der Waals surface area contributed by atoms with E-state index in [0.29, 0.717) is 40.2 Å². The molecule has 2 aromatic carbocycles. The summed E-state index contributed by atoms with van der Waals surface area (Å²) in [6.07, 6.45) is 9.27. The van der Waals surface area contributed by atoms with Gasteiger partial charge in [0.2, 0.25) is 16.0 Å². The van der Waals surface area contributed by atoms with Crippen molar-refractivity contribution < 1.29 is 8.42 Å². The van der Waals surface area contributed by atoms with Gasteiger partial charge in [0.1, 0.15) is 17.0 Å². The fourth-order valence-corrected chi connectivity index (χ4v) is 6.79. The predicted octanol–water partition coefficient (Wildman–Crippen LogP) is 4.08. The van der Waals surface area contributed by atoms with Crippen LogP contribution < -0.4 is 19.8 Å². The van der Waals surface area contributed by atoms with Gasteiger partial charge in [-0.1, -0.05) is 6.92 Å². The minimum atomic E-state index is -3.57. The van der Waals surface area contributed by atoms with Gasteiger partial charge in [0, 0.05) is 82.3 Å². The van der Waals surface area contributed by atoms with E-state index in [0.717, 1.165) is 44.5 Å². The van der Waals surface area contributed by atoms with Gasteiger partial charge in [-0.3, -0.25) is 19.2 Å². The number of nitrogens with zero attached hydrogens (tertiary/aromatic N) is 8. The Morgan fingerprint density at radius 3 is 2.40 bits per heavy atom. The molecule has 0 bridgehead atoms. The van der Waals surface area contributed by atoms with Gasteiger partial charge in [-0.15, -0.1) is 0 Å². The normalized spacial score (nSPS) is 17.0. The van der Waals surface area contributed by atoms with Crippen LogP contribution in [0.1, 0.15) is 25.3 Å². The minimum absolute atomic E-state index is 0.395. The summed E-state index contributed by atoms with van der Waals surface area (Å²) in [4.78, 5) is 25.5. The number of hydrogen-bond donors (Lipinski definition) is 2. The van der Waals surface area contributed by atoms with Crippen LogP contribution in [-0.4, -0.2) is 104 Å². The zero-order valence-corrected chi connectivity index (χ0v) is 27.3. The SMILES string of the molecule is CCc1cc(Nc2nccc(Nc3ccc4nccnc4c3N(C)S(C)(=O)=O)n2)ccc1N1CCC(N2CCN(C)CC2)CC1. The van der Waals surface area contributed by atoms with Gasteiger partial charge in [0.25, 0.3) is 0 Å². The van der Waals surface area contributed by atoms with Gasteiger partial charge in [0.05, 0.1) is 17.5 Å². The number of hydrogen-bond acceptors (Lipinski definition) is 11. The highest BCUT2D eigenvalue weighted by atomic mass is 32.2. The van der Waals surface area contributed by atoms with E-state index in [1.807, 2.05) is 0 Å². The zero-order chi connectivity index (χ0) is 31.6. The van der Waals surface area contributed by atoms with E-state index in [2.05, 4.69) is 77.4 Å². The Morgan fingerprint density at radius 2 is 1.67 bits per heavy atom. The van der Waals surface area contributed by atoms with Crippen molar-refractivity contribution in [2.45, 2.75) is 32.2 Å². The largest absolute Gasteiger partial charge is 0.371 e. The first kappa shape index (κ1) is 30.9. The molecule has 0 spiro atoms. The summed E-state index contributed by atoms with van der Waals surface area (Å²) in [5.41, 5.74) is 5.50. The van der Waals surface area contributed by atoms with E-state index in [1.165, 1.54) is 48.5 Å². The molecule has 0 atom stereocenters. The average Bonchev–Trinajstić information content (AvgIpc) is 3.04. The number of rotatable bonds is 9. The number of nitrogens with one attached hydrogen (secondary N) is 2. The molecule has 12 nitrogen and oxygen atoms in total. The van der Waals surface area contributed by atoms with Crippen molar-refractivity contribution in [3.8, 4) is 0 Å². The third kappa shape index (κ3) is 6.95. The first-order chi connectivity index (χ1) is 21.7. The summed E-state index contributed by atoms with van der Waals surface area (Å²) in [5, 5.41) is 6.63. The van der Waals surface area contributed by atoms with Crippen LogP contribution in [0.5, 0.6) is 0 Å². The maximum absolute atomic E-state index is 12.5. The highest BCUT2D eigenvalue weighted by Gasteiger charge is 2.27. The van der Waals surface area contributed by atoms with Crippen LogP contribution in [0, 0.1) is 0 Å². The minimum Gasteiger partial charge on any atom is -0.371 e. The second kappa shape index (κ2) is 13.1. The van der Waals surface area contributed by atoms with Gasteiger partial charge >= 0.3 is 0 Å². The van der Waals surface area contributed by atoms with Crippen LogP contribution in [-0.2, 0) is 16.4 Å². The topological polar surface area (TPSA) is 123 Å². The lowest BCUT2D eigenvalue weighted by Gasteiger charge is -2.43. The highest BCUT2D eigenvalue weighted by Crippen LogP contribution is 2.35. The molecular weight excluding hydrogens is 588 g/mol. The molecule has 0 saturated carbocycles. The lowest BCUT2D eigenvalue weighted by atomic mass is 10.00. The summed E-state index contributed by atoms with van der Waals surface area (Å²) in [7, 11) is 0.149. The van der Waals surface area contributed by atoms with Crippen molar-refractivity contribution >= 4 is 55.6 Å². The lowest BCUT2D eigenvalue weighted by molar-refractivity contribution is 0.0982. The van der Waals surface area contributed by atoms with Gasteiger partial charge in [-0.05, 0) is 68.3 Å². The summed E-state index contributed by atoms with van der Waals surface area (Å²) in [5.74, 6) is 0.941. The van der Waals surface area contributed by atoms with E-state index >= 15 is 0 Å². The predicted molar refractivity (Wildman–Crippen MR) is 182 cm³/mol. The quantitative estimate of drug-likeness (QED) is 0.278. The summed E-state index contributed by atoms with van der Waals surface area (Å²) >= 11 is 0. The van der Waals surface area contributed by atoms with E-state index in [-0.39, 0.29) is 0 Å². The van der Waals surface area contributed by atoms with Crippen LogP contribution in [0.2, 0.25) is 0 Å². The van der Waals surface area contributed by atoms with E-state index in [4.69, 9.17) is 0 Å². The molecule has 2 aliphatic heterocycles. The van der Waals surface area contributed by atoms with Crippen LogP contribution in [0.4, 0.5) is 34.5 Å². The summed E-state index contributed by atoms with van der Waals surface area (Å²) in [6, 6.07) is 12.5. The van der Waals surface area contributed by atoms with Crippen molar-refractivity contribution in [2.24, 2.45) is 0 Å². The average molecular weight is 631 g/mol. The van der Waals surface area contributed by atoms with E-state index in [9.17, 15) is 8.42 Å². The molecule has 2 aromatic heterocycles. The Balaban J connectivity index is 1.16. The van der Waals surface area contributed by atoms with E-state index < -0.39 is 10.0 Å². The number of fused-ring (bicyclic) bond motifs is 1. The second-order valence-corrected chi connectivity index (χ2v) is 13.9. The molecule has 2 N–H and O–H groups in total. The fourth-order valence-electron chi connectivity index (χ4n) is 6.28. The number of aromatic nitrogens is 4. The Labute approximate surface area is 265 Å². The maximum Gasteiger partial charge on any atom is 0.232 e. The molecule has 0 radical (unpaired) electrons. The number of sulfonamides is 1. The number of piperidine rings is 1. The van der Waals surface area contributed by atoms with Gasteiger partial charge in [0.15, 0.2) is 0 Å². The van der Waals surface area contributed by atoms with Crippen LogP contribution in [0.3, 0.4) is 0 Å². The molecule has 6 rings (SSSR count). The van der Waals surface area contributed by atoms with Crippen molar-refractivity contribution in [1.82, 2.24) is 29.7 Å². The van der Waals surface area contributed by atoms with Crippen molar-refractivity contribution in [2.75, 3.05) is 79.5 Å². The molecule has 0 amide bonds. The molecule has 2 aliphatic rings. The summed E-state index contributed by atoms with van der Waals surface area (Å²) < 4.78 is 26.2. The Morgan fingerprint density at radius 1 is 0.911 bits per heavy atom. The van der Waals surface area contributed by atoms with Crippen LogP contribution >= 0.6 is 0 Å². The highest BCUT2D eigenvalue weighted by molar-refractivity contribution is 7.92. The first-order valence-corrected chi connectivity index (χ1v) is 17.4. The Bertz CT molecular complexity index is 1750. The van der Waals surface area contributed by atoms with Crippen molar-refractivity contribution in [1.29, 1.82) is 0 Å². The molecule has 0 aliphatic carbocycles. The number of anilines is 6. The standard InChI is InChI=1S/C32H42N10O2S/c1-5-23-22-24(6-9-28(23)42-16-11-25(12-17-42)41-20-18-39(2)19-21-41)36-32-35-13-10-29(38-32)37-27-8-7-26-30(34-15-14-33-26)31(27)40(3)45(4,43)44/h6-10,13-15,22,25H,5,11-12,16-21H2,1-4H3,(H2,35,36,37,38). The van der Waals surface area contributed by atoms with Crippen molar-refractivity contribution in [3.05, 3.63) is 60.6 Å². The second-order valence-electron chi connectivity index (χ2n) is 11.9. The smallest absolute Gasteiger partial charge is 0.232 e. The maximum atomic E-state index is 12.5. The molecule has 2 saturated heterocycles. The Kier molecular flexibility index (Phi) is 9.02. The van der Waals surface area contributed by atoms with E-state index in [1.54, 1.807) is 36.8 Å². The molecule has 4 heterocycles. The monoisotopic (exact) mass is 630 g/mol. The molecule has 13 heteroatoms. The van der Waals surface area contributed by atoms with Gasteiger partial charge in [-0.2, -0.15) is 4.98 Å². The molecule has 238 valence electrons. The number of likely N-dealkylation sites (N-methyl/N-ethyl adjacent to an activating group) is 1. The lowest BCUT2D eigenvalue weighted by Crippen LogP contribution is -2.52. The molecule has 4 aromatic rings. The van der Waals surface area contributed by atoms with Gasteiger partial charge < -0.3 is 20.4 Å². The third-order valence-electron chi connectivity index (χ3n) is 8.92. The third-order valence-corrected chi connectivity index (χ3v) is 10.1. The first-order valence-electron chi connectivity index (χ1n) is 15.5. The van der Waals surface area contributed by atoms with Gasteiger partial charge in [-0.25, -0.2) is 13.4 Å². The fraction of sp³-hybridized carbons (Fsp3) is 0.438.